The highest BCUT2D eigenvalue weighted by Gasteiger charge is 2.49. The first-order chi connectivity index (χ1) is 8.10. The van der Waals surface area contributed by atoms with Gasteiger partial charge in [-0.15, -0.1) is 23.4 Å². The third kappa shape index (κ3) is 1.99. The maximum absolute atomic E-state index is 12.8. The van der Waals surface area contributed by atoms with Crippen molar-refractivity contribution in [3.8, 4) is 0 Å². The van der Waals surface area contributed by atoms with E-state index in [1.54, 1.807) is 0 Å². The van der Waals surface area contributed by atoms with Crippen LogP contribution in [0.5, 0.6) is 0 Å². The van der Waals surface area contributed by atoms with E-state index in [0.29, 0.717) is 23.4 Å². The Bertz CT molecular complexity index is 315. The summed E-state index contributed by atoms with van der Waals surface area (Å²) < 4.78 is -0.139. The molecule has 2 bridgehead atoms. The van der Waals surface area contributed by atoms with Crippen molar-refractivity contribution in [2.75, 3.05) is 5.75 Å². The number of amides is 1. The zero-order valence-electron chi connectivity index (χ0n) is 10.3. The van der Waals surface area contributed by atoms with Gasteiger partial charge in [0.05, 0.1) is 4.75 Å². The summed E-state index contributed by atoms with van der Waals surface area (Å²) in [6.45, 7) is 2.14. The number of alkyl halides is 1. The Morgan fingerprint density at radius 1 is 1.35 bits per heavy atom. The molecule has 0 saturated carbocycles. The van der Waals surface area contributed by atoms with Crippen LogP contribution in [0, 0.1) is 0 Å². The van der Waals surface area contributed by atoms with Crippen molar-refractivity contribution in [2.45, 2.75) is 67.7 Å². The van der Waals surface area contributed by atoms with Gasteiger partial charge in [-0.2, -0.15) is 0 Å². The quantitative estimate of drug-likeness (QED) is 0.685. The third-order valence-corrected chi connectivity index (χ3v) is 6.45. The molecular formula is C13H20ClNOS. The molecule has 0 aromatic rings. The number of thioether (sulfide) groups is 1. The van der Waals surface area contributed by atoms with Crippen LogP contribution in [0.25, 0.3) is 0 Å². The summed E-state index contributed by atoms with van der Waals surface area (Å²) in [6, 6.07) is 0.864. The Kier molecular flexibility index (Phi) is 3.10. The van der Waals surface area contributed by atoms with Crippen LogP contribution in [0.15, 0.2) is 0 Å². The second-order valence-corrected chi connectivity index (χ2v) is 8.06. The molecule has 3 unspecified atom stereocenters. The highest BCUT2D eigenvalue weighted by molar-refractivity contribution is 8.01. The summed E-state index contributed by atoms with van der Waals surface area (Å²) in [4.78, 5) is 15.0. The Morgan fingerprint density at radius 3 is 2.53 bits per heavy atom. The van der Waals surface area contributed by atoms with Gasteiger partial charge in [0.1, 0.15) is 0 Å². The molecule has 0 aliphatic carbocycles. The number of halogens is 1. The molecule has 0 N–H and O–H groups in total. The lowest BCUT2D eigenvalue weighted by atomic mass is 9.97. The van der Waals surface area contributed by atoms with E-state index in [1.165, 1.54) is 19.3 Å². The summed E-state index contributed by atoms with van der Waals surface area (Å²) >= 11 is 8.12. The molecule has 0 spiro atoms. The summed E-state index contributed by atoms with van der Waals surface area (Å²) in [7, 11) is 0. The van der Waals surface area contributed by atoms with Gasteiger partial charge < -0.3 is 4.90 Å². The topological polar surface area (TPSA) is 20.3 Å². The molecule has 3 saturated heterocycles. The van der Waals surface area contributed by atoms with Crippen LogP contribution in [-0.4, -0.2) is 38.8 Å². The minimum atomic E-state index is -0.139. The fraction of sp³-hybridized carbons (Fsp3) is 0.923. The van der Waals surface area contributed by atoms with Crippen molar-refractivity contribution < 1.29 is 4.79 Å². The molecule has 0 aromatic carbocycles. The molecule has 3 heterocycles. The van der Waals surface area contributed by atoms with Crippen LogP contribution in [-0.2, 0) is 4.79 Å². The Balaban J connectivity index is 1.78. The van der Waals surface area contributed by atoms with E-state index in [0.717, 1.165) is 25.0 Å². The van der Waals surface area contributed by atoms with Crippen LogP contribution in [0.4, 0.5) is 0 Å². The molecule has 0 radical (unpaired) electrons. The van der Waals surface area contributed by atoms with Gasteiger partial charge in [0.2, 0.25) is 5.91 Å². The predicted octanol–water partition coefficient (Wildman–Crippen LogP) is 3.03. The number of rotatable bonds is 1. The lowest BCUT2D eigenvalue weighted by Gasteiger charge is -2.41. The van der Waals surface area contributed by atoms with E-state index in [9.17, 15) is 4.79 Å². The molecule has 3 rings (SSSR count). The van der Waals surface area contributed by atoms with Crippen molar-refractivity contribution in [2.24, 2.45) is 0 Å². The lowest BCUT2D eigenvalue weighted by Crippen LogP contribution is -2.53. The fourth-order valence-corrected chi connectivity index (χ4v) is 5.33. The molecule has 1 amide bonds. The van der Waals surface area contributed by atoms with Crippen molar-refractivity contribution in [3.05, 3.63) is 0 Å². The smallest absolute Gasteiger partial charge is 0.239 e. The summed E-state index contributed by atoms with van der Waals surface area (Å²) in [6.07, 6.45) is 6.58. The van der Waals surface area contributed by atoms with Crippen LogP contribution in [0.3, 0.4) is 0 Å². The van der Waals surface area contributed by atoms with Crippen LogP contribution in [0.2, 0.25) is 0 Å². The SMILES string of the molecule is CC1(C(=O)N2C3CCC2CC(Cl)C3)CCCS1. The normalized spacial score (nSPS) is 45.3. The van der Waals surface area contributed by atoms with E-state index in [4.69, 9.17) is 11.6 Å². The first-order valence-corrected chi connectivity index (χ1v) is 8.13. The monoisotopic (exact) mass is 273 g/mol. The highest BCUT2D eigenvalue weighted by atomic mass is 35.5. The maximum Gasteiger partial charge on any atom is 0.239 e. The standard InChI is InChI=1S/C13H20ClNOS/c1-13(5-2-6-17-13)12(16)15-10-3-4-11(15)8-9(14)7-10/h9-11H,2-8H2,1H3. The molecule has 96 valence electrons. The number of carbonyl (C=O) groups excluding carboxylic acids is 1. The van der Waals surface area contributed by atoms with Crippen molar-refractivity contribution in [3.63, 3.8) is 0 Å². The Morgan fingerprint density at radius 2 is 2.00 bits per heavy atom. The molecule has 3 aliphatic heterocycles. The van der Waals surface area contributed by atoms with Gasteiger partial charge in [-0.05, 0) is 51.2 Å². The van der Waals surface area contributed by atoms with Crippen molar-refractivity contribution in [1.82, 2.24) is 4.90 Å². The third-order valence-electron chi connectivity index (χ3n) is 4.58. The Labute approximate surface area is 112 Å². The Hall–Kier alpha value is 0.110. The minimum Gasteiger partial charge on any atom is -0.335 e. The molecular weight excluding hydrogens is 254 g/mol. The first kappa shape index (κ1) is 12.2. The average molecular weight is 274 g/mol. The van der Waals surface area contributed by atoms with E-state index in [1.807, 2.05) is 11.8 Å². The van der Waals surface area contributed by atoms with Gasteiger partial charge in [0.25, 0.3) is 0 Å². The number of carbonyl (C=O) groups is 1. The minimum absolute atomic E-state index is 0.139. The molecule has 2 nitrogen and oxygen atoms in total. The zero-order chi connectivity index (χ0) is 12.0. The van der Waals surface area contributed by atoms with Gasteiger partial charge >= 0.3 is 0 Å². The second kappa shape index (κ2) is 4.34. The maximum atomic E-state index is 12.8. The summed E-state index contributed by atoms with van der Waals surface area (Å²) in [5, 5.41) is 0.292. The lowest BCUT2D eigenvalue weighted by molar-refractivity contribution is -0.137. The fourth-order valence-electron chi connectivity index (χ4n) is 3.66. The average Bonchev–Trinajstić information content (AvgIpc) is 2.82. The molecule has 0 aromatic heterocycles. The largest absolute Gasteiger partial charge is 0.335 e. The van der Waals surface area contributed by atoms with E-state index >= 15 is 0 Å². The number of nitrogens with zero attached hydrogens (tertiary/aromatic N) is 1. The van der Waals surface area contributed by atoms with Gasteiger partial charge in [-0.1, -0.05) is 0 Å². The van der Waals surface area contributed by atoms with Gasteiger partial charge in [-0.3, -0.25) is 4.79 Å². The summed E-state index contributed by atoms with van der Waals surface area (Å²) in [5.41, 5.74) is 0. The van der Waals surface area contributed by atoms with Gasteiger partial charge in [0.15, 0.2) is 0 Å². The number of hydrogen-bond acceptors (Lipinski definition) is 2. The number of fused-ring (bicyclic) bond motifs is 2. The second-order valence-electron chi connectivity index (χ2n) is 5.85. The molecule has 3 fully saturated rings. The van der Waals surface area contributed by atoms with Crippen molar-refractivity contribution in [1.29, 1.82) is 0 Å². The number of piperidine rings is 1. The number of hydrogen-bond donors (Lipinski definition) is 0. The van der Waals surface area contributed by atoms with Gasteiger partial charge in [0, 0.05) is 17.5 Å². The van der Waals surface area contributed by atoms with Gasteiger partial charge in [-0.25, -0.2) is 0 Å². The van der Waals surface area contributed by atoms with Crippen LogP contribution in [0.1, 0.15) is 45.4 Å². The molecule has 17 heavy (non-hydrogen) atoms. The molecule has 4 heteroatoms. The van der Waals surface area contributed by atoms with E-state index < -0.39 is 0 Å². The molecule has 3 aliphatic rings. The predicted molar refractivity (Wildman–Crippen MR) is 72.6 cm³/mol. The zero-order valence-corrected chi connectivity index (χ0v) is 11.9. The van der Waals surface area contributed by atoms with E-state index in [2.05, 4.69) is 11.8 Å². The van der Waals surface area contributed by atoms with Crippen molar-refractivity contribution >= 4 is 29.3 Å². The highest BCUT2D eigenvalue weighted by Crippen LogP contribution is 2.44. The van der Waals surface area contributed by atoms with Crippen LogP contribution >= 0.6 is 23.4 Å². The first-order valence-electron chi connectivity index (χ1n) is 6.71. The summed E-state index contributed by atoms with van der Waals surface area (Å²) in [5.74, 6) is 1.54. The van der Waals surface area contributed by atoms with E-state index in [-0.39, 0.29) is 4.75 Å². The molecule has 3 atom stereocenters. The van der Waals surface area contributed by atoms with Crippen LogP contribution < -0.4 is 0 Å².